The lowest BCUT2D eigenvalue weighted by atomic mass is 10.2. The van der Waals surface area contributed by atoms with E-state index in [1.54, 1.807) is 7.11 Å². The number of nitrogens with two attached hydrogens (primary N) is 1. The van der Waals surface area contributed by atoms with Gasteiger partial charge in [-0.3, -0.25) is 4.79 Å². The van der Waals surface area contributed by atoms with Crippen molar-refractivity contribution in [3.05, 3.63) is 29.6 Å². The first-order valence-electron chi connectivity index (χ1n) is 5.33. The van der Waals surface area contributed by atoms with Crippen molar-refractivity contribution in [1.82, 2.24) is 4.98 Å². The summed E-state index contributed by atoms with van der Waals surface area (Å²) in [6.07, 6.45) is 0. The van der Waals surface area contributed by atoms with Crippen molar-refractivity contribution < 1.29 is 9.53 Å². The van der Waals surface area contributed by atoms with Crippen molar-refractivity contribution >= 4 is 22.4 Å². The first-order valence-corrected chi connectivity index (χ1v) is 6.21. The molecule has 0 aliphatic rings. The highest BCUT2D eigenvalue weighted by Gasteiger charge is 2.06. The molecule has 1 heterocycles. The number of carbonyl (C=O) groups is 1. The minimum Gasteiger partial charge on any atom is -0.497 e. The second kappa shape index (κ2) is 5.61. The molecule has 3 N–H and O–H groups in total. The van der Waals surface area contributed by atoms with Crippen LogP contribution in [-0.4, -0.2) is 24.5 Å². The Hall–Kier alpha value is -1.92. The van der Waals surface area contributed by atoms with E-state index in [1.165, 1.54) is 11.3 Å². The fourth-order valence-electron chi connectivity index (χ4n) is 1.40. The number of hydrogen-bond acceptors (Lipinski definition) is 5. The number of amides is 1. The largest absolute Gasteiger partial charge is 0.497 e. The molecule has 0 atom stereocenters. The number of aromatic nitrogens is 1. The quantitative estimate of drug-likeness (QED) is 0.880. The molecule has 0 saturated carbocycles. The van der Waals surface area contributed by atoms with Gasteiger partial charge in [-0.15, -0.1) is 11.3 Å². The number of ether oxygens (including phenoxy) is 1. The van der Waals surface area contributed by atoms with Crippen molar-refractivity contribution in [1.29, 1.82) is 0 Å². The number of anilines is 1. The molecule has 1 aromatic heterocycles. The lowest BCUT2D eigenvalue weighted by molar-refractivity contribution is -0.114. The van der Waals surface area contributed by atoms with Crippen LogP contribution < -0.4 is 15.8 Å². The third-order valence-electron chi connectivity index (χ3n) is 2.32. The third-order valence-corrected chi connectivity index (χ3v) is 3.08. The Morgan fingerprint density at radius 2 is 2.17 bits per heavy atom. The molecule has 0 bridgehead atoms. The minimum absolute atomic E-state index is 0.0442. The summed E-state index contributed by atoms with van der Waals surface area (Å²) in [5.41, 5.74) is 7.01. The Labute approximate surface area is 109 Å². The number of nitrogens with one attached hydrogen (secondary N) is 1. The number of benzene rings is 1. The monoisotopic (exact) mass is 263 g/mol. The van der Waals surface area contributed by atoms with E-state index in [-0.39, 0.29) is 12.5 Å². The second-order valence-electron chi connectivity index (χ2n) is 3.52. The summed E-state index contributed by atoms with van der Waals surface area (Å²) in [6.45, 7) is -0.0442. The van der Waals surface area contributed by atoms with Crippen molar-refractivity contribution in [2.45, 2.75) is 0 Å². The molecule has 5 nitrogen and oxygen atoms in total. The maximum Gasteiger partial charge on any atom is 0.239 e. The fraction of sp³-hybridized carbons (Fsp3) is 0.167. The van der Waals surface area contributed by atoms with E-state index in [0.29, 0.717) is 5.13 Å². The average molecular weight is 263 g/mol. The standard InChI is InChI=1S/C12H13N3O2S/c1-17-9-4-2-8(3-5-9)10-7-18-12(14-10)15-11(16)6-13/h2-5,7H,6,13H2,1H3,(H,14,15,16). The summed E-state index contributed by atoms with van der Waals surface area (Å²) < 4.78 is 5.09. The summed E-state index contributed by atoms with van der Waals surface area (Å²) in [5, 5.41) is 5.06. The van der Waals surface area contributed by atoms with Gasteiger partial charge >= 0.3 is 0 Å². The van der Waals surface area contributed by atoms with Crippen molar-refractivity contribution in [2.75, 3.05) is 19.0 Å². The lowest BCUT2D eigenvalue weighted by Gasteiger charge is -2.00. The molecule has 1 amide bonds. The van der Waals surface area contributed by atoms with Gasteiger partial charge in [-0.05, 0) is 24.3 Å². The molecule has 0 unspecified atom stereocenters. The van der Waals surface area contributed by atoms with Crippen LogP contribution in [0.5, 0.6) is 5.75 Å². The molecule has 0 saturated heterocycles. The predicted octanol–water partition coefficient (Wildman–Crippen LogP) is 1.72. The zero-order chi connectivity index (χ0) is 13.0. The Kier molecular flexibility index (Phi) is 3.91. The van der Waals surface area contributed by atoms with Gasteiger partial charge in [0.1, 0.15) is 5.75 Å². The summed E-state index contributed by atoms with van der Waals surface area (Å²) in [5.74, 6) is 0.552. The Morgan fingerprint density at radius 3 is 2.78 bits per heavy atom. The molecule has 18 heavy (non-hydrogen) atoms. The normalized spacial score (nSPS) is 10.1. The van der Waals surface area contributed by atoms with Gasteiger partial charge in [0.05, 0.1) is 19.3 Å². The van der Waals surface area contributed by atoms with Crippen molar-refractivity contribution in [2.24, 2.45) is 5.73 Å². The molecule has 2 aromatic rings. The van der Waals surface area contributed by atoms with E-state index < -0.39 is 0 Å². The van der Waals surface area contributed by atoms with Gasteiger partial charge in [0.15, 0.2) is 5.13 Å². The number of thiazole rings is 1. The first kappa shape index (κ1) is 12.5. The van der Waals surface area contributed by atoms with E-state index >= 15 is 0 Å². The average Bonchev–Trinajstić information content (AvgIpc) is 2.87. The van der Waals surface area contributed by atoms with Gasteiger partial charge in [0.25, 0.3) is 0 Å². The van der Waals surface area contributed by atoms with Crippen LogP contribution in [0.25, 0.3) is 11.3 Å². The number of carbonyl (C=O) groups excluding carboxylic acids is 1. The third kappa shape index (κ3) is 2.85. The molecular formula is C12H13N3O2S. The highest BCUT2D eigenvalue weighted by molar-refractivity contribution is 7.14. The van der Waals surface area contributed by atoms with Crippen LogP contribution in [0.4, 0.5) is 5.13 Å². The zero-order valence-corrected chi connectivity index (χ0v) is 10.7. The second-order valence-corrected chi connectivity index (χ2v) is 4.38. The van der Waals surface area contributed by atoms with E-state index in [2.05, 4.69) is 10.3 Å². The lowest BCUT2D eigenvalue weighted by Crippen LogP contribution is -2.21. The Bertz CT molecular complexity index is 537. The SMILES string of the molecule is COc1ccc(-c2csc(NC(=O)CN)n2)cc1. The molecule has 0 fully saturated rings. The van der Waals surface area contributed by atoms with Crippen LogP contribution in [0.3, 0.4) is 0 Å². The molecule has 0 aliphatic carbocycles. The summed E-state index contributed by atoms with van der Waals surface area (Å²) in [6, 6.07) is 7.57. The summed E-state index contributed by atoms with van der Waals surface area (Å²) >= 11 is 1.37. The minimum atomic E-state index is -0.245. The van der Waals surface area contributed by atoms with Crippen molar-refractivity contribution in [3.63, 3.8) is 0 Å². The van der Waals surface area contributed by atoms with Gasteiger partial charge in [-0.1, -0.05) is 0 Å². The summed E-state index contributed by atoms with van der Waals surface area (Å²) in [4.78, 5) is 15.4. The van der Waals surface area contributed by atoms with Crippen molar-refractivity contribution in [3.8, 4) is 17.0 Å². The molecule has 94 valence electrons. The van der Waals surface area contributed by atoms with Crippen LogP contribution in [0.1, 0.15) is 0 Å². The number of methoxy groups -OCH3 is 1. The molecule has 0 aliphatic heterocycles. The molecule has 6 heteroatoms. The van der Waals surface area contributed by atoms with Crippen LogP contribution >= 0.6 is 11.3 Å². The maximum atomic E-state index is 11.1. The molecule has 0 radical (unpaired) electrons. The topological polar surface area (TPSA) is 77.2 Å². The molecular weight excluding hydrogens is 250 g/mol. The van der Waals surface area contributed by atoms with Gasteiger partial charge in [0, 0.05) is 10.9 Å². The number of hydrogen-bond donors (Lipinski definition) is 2. The highest BCUT2D eigenvalue weighted by atomic mass is 32.1. The molecule has 2 rings (SSSR count). The Balaban J connectivity index is 2.15. The Morgan fingerprint density at radius 1 is 1.44 bits per heavy atom. The van der Waals surface area contributed by atoms with Gasteiger partial charge < -0.3 is 15.8 Å². The molecule has 0 spiro atoms. The number of nitrogens with zero attached hydrogens (tertiary/aromatic N) is 1. The van der Waals surface area contributed by atoms with Crippen LogP contribution in [0.15, 0.2) is 29.6 Å². The maximum absolute atomic E-state index is 11.1. The van der Waals surface area contributed by atoms with E-state index in [4.69, 9.17) is 10.5 Å². The smallest absolute Gasteiger partial charge is 0.239 e. The van der Waals surface area contributed by atoms with E-state index in [9.17, 15) is 4.79 Å². The first-order chi connectivity index (χ1) is 8.72. The zero-order valence-electron chi connectivity index (χ0n) is 9.84. The van der Waals surface area contributed by atoms with Gasteiger partial charge in [-0.25, -0.2) is 4.98 Å². The van der Waals surface area contributed by atoms with E-state index in [0.717, 1.165) is 17.0 Å². The molecule has 1 aromatic carbocycles. The van der Waals surface area contributed by atoms with Crippen LogP contribution in [-0.2, 0) is 4.79 Å². The fourth-order valence-corrected chi connectivity index (χ4v) is 2.13. The number of rotatable bonds is 4. The van der Waals surface area contributed by atoms with E-state index in [1.807, 2.05) is 29.6 Å². The predicted molar refractivity (Wildman–Crippen MR) is 71.8 cm³/mol. The van der Waals surface area contributed by atoms with Gasteiger partial charge in [-0.2, -0.15) is 0 Å². The van der Waals surface area contributed by atoms with Crippen LogP contribution in [0.2, 0.25) is 0 Å². The highest BCUT2D eigenvalue weighted by Crippen LogP contribution is 2.26. The summed E-state index contributed by atoms with van der Waals surface area (Å²) in [7, 11) is 1.62. The van der Waals surface area contributed by atoms with Crippen LogP contribution in [0, 0.1) is 0 Å². The van der Waals surface area contributed by atoms with Gasteiger partial charge in [0.2, 0.25) is 5.91 Å².